The van der Waals surface area contributed by atoms with Gasteiger partial charge in [0.25, 0.3) is 5.91 Å². The van der Waals surface area contributed by atoms with Crippen LogP contribution in [0.3, 0.4) is 0 Å². The average molecular weight is 305 g/mol. The van der Waals surface area contributed by atoms with E-state index in [0.29, 0.717) is 5.56 Å². The van der Waals surface area contributed by atoms with Crippen molar-refractivity contribution in [1.29, 1.82) is 0 Å². The van der Waals surface area contributed by atoms with Crippen LogP contribution < -0.4 is 10.0 Å². The molecule has 0 spiro atoms. The summed E-state index contributed by atoms with van der Waals surface area (Å²) in [6, 6.07) is 11.7. The molecule has 1 amide bonds. The van der Waals surface area contributed by atoms with Gasteiger partial charge in [-0.2, -0.15) is 0 Å². The molecule has 7 heteroatoms. The van der Waals surface area contributed by atoms with Crippen molar-refractivity contribution in [3.63, 3.8) is 0 Å². The molecular formula is C14H15N3O3S. The molecule has 0 radical (unpaired) electrons. The summed E-state index contributed by atoms with van der Waals surface area (Å²) in [5.41, 5.74) is 0.705. The first-order valence-electron chi connectivity index (χ1n) is 6.34. The molecule has 2 N–H and O–H groups in total. The molecule has 6 nitrogen and oxygen atoms in total. The third-order valence-electron chi connectivity index (χ3n) is 2.72. The van der Waals surface area contributed by atoms with E-state index in [9.17, 15) is 13.2 Å². The van der Waals surface area contributed by atoms with E-state index in [1.807, 2.05) is 0 Å². The Morgan fingerprint density at radius 1 is 1.14 bits per heavy atom. The second-order valence-electron chi connectivity index (χ2n) is 4.23. The fourth-order valence-corrected chi connectivity index (χ4v) is 2.24. The van der Waals surface area contributed by atoms with Crippen LogP contribution in [0.15, 0.2) is 48.7 Å². The Kier molecular flexibility index (Phi) is 4.54. The highest BCUT2D eigenvalue weighted by atomic mass is 32.2. The second kappa shape index (κ2) is 6.36. The molecule has 0 saturated carbocycles. The maximum Gasteiger partial charge on any atom is 0.256 e. The lowest BCUT2D eigenvalue weighted by Crippen LogP contribution is -2.18. The van der Waals surface area contributed by atoms with Crippen molar-refractivity contribution in [2.75, 3.05) is 15.8 Å². The molecule has 0 aliphatic carbocycles. The fraction of sp³-hybridized carbons (Fsp3) is 0.143. The minimum absolute atomic E-state index is 0.0615. The highest BCUT2D eigenvalue weighted by Crippen LogP contribution is 2.20. The van der Waals surface area contributed by atoms with E-state index in [1.54, 1.807) is 42.5 Å². The number of benzene rings is 1. The van der Waals surface area contributed by atoms with E-state index < -0.39 is 10.0 Å². The van der Waals surface area contributed by atoms with Gasteiger partial charge in [-0.1, -0.05) is 18.2 Å². The predicted octanol–water partition coefficient (Wildman–Crippen LogP) is 2.10. The molecule has 0 unspecified atom stereocenters. The second-order valence-corrected chi connectivity index (χ2v) is 6.24. The summed E-state index contributed by atoms with van der Waals surface area (Å²) in [6.07, 6.45) is 1.48. The first-order valence-corrected chi connectivity index (χ1v) is 7.99. The van der Waals surface area contributed by atoms with Gasteiger partial charge in [-0.15, -0.1) is 0 Å². The van der Waals surface area contributed by atoms with Gasteiger partial charge < -0.3 is 5.32 Å². The Balaban J connectivity index is 2.23. The van der Waals surface area contributed by atoms with E-state index >= 15 is 0 Å². The lowest BCUT2D eigenvalue weighted by atomic mass is 10.2. The first kappa shape index (κ1) is 15.0. The van der Waals surface area contributed by atoms with Crippen molar-refractivity contribution in [3.8, 4) is 0 Å². The average Bonchev–Trinajstić information content (AvgIpc) is 2.50. The number of pyridine rings is 1. The van der Waals surface area contributed by atoms with E-state index in [-0.39, 0.29) is 23.2 Å². The molecule has 1 aromatic carbocycles. The maximum atomic E-state index is 12.1. The van der Waals surface area contributed by atoms with Crippen LogP contribution in [0.2, 0.25) is 0 Å². The van der Waals surface area contributed by atoms with Crippen LogP contribution >= 0.6 is 0 Å². The number of rotatable bonds is 5. The summed E-state index contributed by atoms with van der Waals surface area (Å²) in [7, 11) is -3.44. The molecule has 0 bridgehead atoms. The molecule has 1 aromatic heterocycles. The minimum Gasteiger partial charge on any atom is -0.305 e. The number of carbonyl (C=O) groups is 1. The van der Waals surface area contributed by atoms with Gasteiger partial charge in [0.05, 0.1) is 11.4 Å². The van der Waals surface area contributed by atoms with Crippen molar-refractivity contribution in [1.82, 2.24) is 4.98 Å². The van der Waals surface area contributed by atoms with Crippen LogP contribution in [0, 0.1) is 0 Å². The molecule has 2 rings (SSSR count). The number of hydrogen-bond donors (Lipinski definition) is 2. The SMILES string of the molecule is CCS(=O)(=O)Nc1cccnc1NC(=O)c1ccccc1. The number of carbonyl (C=O) groups excluding carboxylic acids is 1. The van der Waals surface area contributed by atoms with Gasteiger partial charge in [0, 0.05) is 11.8 Å². The van der Waals surface area contributed by atoms with Crippen molar-refractivity contribution in [2.24, 2.45) is 0 Å². The van der Waals surface area contributed by atoms with Crippen LogP contribution in [0.4, 0.5) is 11.5 Å². The molecule has 0 saturated heterocycles. The normalized spacial score (nSPS) is 10.9. The quantitative estimate of drug-likeness (QED) is 0.885. The molecule has 110 valence electrons. The number of hydrogen-bond acceptors (Lipinski definition) is 4. The van der Waals surface area contributed by atoms with Gasteiger partial charge in [0.15, 0.2) is 5.82 Å². The molecule has 21 heavy (non-hydrogen) atoms. The summed E-state index contributed by atoms with van der Waals surface area (Å²) in [6.45, 7) is 1.53. The smallest absolute Gasteiger partial charge is 0.256 e. The third-order valence-corrected chi connectivity index (χ3v) is 4.01. The van der Waals surface area contributed by atoms with Crippen LogP contribution in [0.25, 0.3) is 0 Å². The summed E-state index contributed by atoms with van der Waals surface area (Å²) < 4.78 is 25.6. The standard InChI is InChI=1S/C14H15N3O3S/c1-2-21(19,20)17-12-9-6-10-15-13(12)16-14(18)11-7-4-3-5-8-11/h3-10,17H,2H2,1H3,(H,15,16,18). The third kappa shape index (κ3) is 4.03. The van der Waals surface area contributed by atoms with E-state index in [1.165, 1.54) is 13.1 Å². The van der Waals surface area contributed by atoms with Crippen molar-refractivity contribution in [2.45, 2.75) is 6.92 Å². The molecule has 2 aromatic rings. The summed E-state index contributed by atoms with van der Waals surface area (Å²) >= 11 is 0. The fourth-order valence-electron chi connectivity index (χ4n) is 1.60. The van der Waals surface area contributed by atoms with Crippen LogP contribution in [0.1, 0.15) is 17.3 Å². The van der Waals surface area contributed by atoms with Gasteiger partial charge >= 0.3 is 0 Å². The zero-order valence-electron chi connectivity index (χ0n) is 11.4. The number of sulfonamides is 1. The van der Waals surface area contributed by atoms with E-state index in [4.69, 9.17) is 0 Å². The highest BCUT2D eigenvalue weighted by Gasteiger charge is 2.13. The number of anilines is 2. The zero-order chi connectivity index (χ0) is 15.3. The summed E-state index contributed by atoms with van der Waals surface area (Å²) in [5.74, 6) is -0.247. The van der Waals surface area contributed by atoms with Gasteiger partial charge in [0.2, 0.25) is 10.0 Å². The van der Waals surface area contributed by atoms with Crippen molar-refractivity contribution in [3.05, 3.63) is 54.2 Å². The topological polar surface area (TPSA) is 88.2 Å². The highest BCUT2D eigenvalue weighted by molar-refractivity contribution is 7.92. The Morgan fingerprint density at radius 2 is 1.86 bits per heavy atom. The molecule has 0 atom stereocenters. The number of aromatic nitrogens is 1. The van der Waals surface area contributed by atoms with Gasteiger partial charge in [0.1, 0.15) is 0 Å². The van der Waals surface area contributed by atoms with E-state index in [2.05, 4.69) is 15.0 Å². The number of amides is 1. The monoisotopic (exact) mass is 305 g/mol. The molecule has 0 fully saturated rings. The lowest BCUT2D eigenvalue weighted by molar-refractivity contribution is 0.102. The molecular weight excluding hydrogens is 290 g/mol. The van der Waals surface area contributed by atoms with Gasteiger partial charge in [-0.3, -0.25) is 9.52 Å². The maximum absolute atomic E-state index is 12.1. The van der Waals surface area contributed by atoms with Crippen molar-refractivity contribution < 1.29 is 13.2 Å². The number of nitrogens with zero attached hydrogens (tertiary/aromatic N) is 1. The van der Waals surface area contributed by atoms with Crippen LogP contribution in [-0.2, 0) is 10.0 Å². The van der Waals surface area contributed by atoms with E-state index in [0.717, 1.165) is 0 Å². The molecule has 0 aliphatic heterocycles. The Morgan fingerprint density at radius 3 is 2.52 bits per heavy atom. The zero-order valence-corrected chi connectivity index (χ0v) is 12.2. The lowest BCUT2D eigenvalue weighted by Gasteiger charge is -2.11. The molecule has 1 heterocycles. The first-order chi connectivity index (χ1) is 10.0. The van der Waals surface area contributed by atoms with Crippen LogP contribution in [0.5, 0.6) is 0 Å². The Bertz CT molecular complexity index is 730. The summed E-state index contributed by atoms with van der Waals surface area (Å²) in [5, 5.41) is 2.60. The predicted molar refractivity (Wildman–Crippen MR) is 81.7 cm³/mol. The Hall–Kier alpha value is -2.41. The summed E-state index contributed by atoms with van der Waals surface area (Å²) in [4.78, 5) is 16.1. The van der Waals surface area contributed by atoms with Crippen molar-refractivity contribution >= 4 is 27.4 Å². The molecule has 0 aliphatic rings. The Labute approximate surface area is 123 Å². The largest absolute Gasteiger partial charge is 0.305 e. The van der Waals surface area contributed by atoms with Gasteiger partial charge in [-0.05, 0) is 31.2 Å². The number of nitrogens with one attached hydrogen (secondary N) is 2. The minimum atomic E-state index is -3.44. The van der Waals surface area contributed by atoms with Gasteiger partial charge in [-0.25, -0.2) is 13.4 Å². The van der Waals surface area contributed by atoms with Crippen LogP contribution in [-0.4, -0.2) is 25.1 Å².